The van der Waals surface area contributed by atoms with E-state index in [1.165, 1.54) is 5.56 Å². The van der Waals surface area contributed by atoms with Crippen molar-refractivity contribution in [1.82, 2.24) is 19.6 Å². The number of methoxy groups -OCH3 is 1. The number of nitrogens with one attached hydrogen (secondary N) is 1. The molecular weight excluding hydrogens is 346 g/mol. The number of fused-ring (bicyclic) bond motifs is 1. The predicted molar refractivity (Wildman–Crippen MR) is 105 cm³/mol. The van der Waals surface area contributed by atoms with Gasteiger partial charge >= 0.3 is 0 Å². The third-order valence-corrected chi connectivity index (χ3v) is 5.63. The maximum Gasteiger partial charge on any atom is 0.193 e. The molecule has 7 heteroatoms. The molecule has 3 heterocycles. The molecular formula is C19H23N5OS. The first-order valence-electron chi connectivity index (χ1n) is 8.77. The van der Waals surface area contributed by atoms with Crippen molar-refractivity contribution >= 4 is 22.3 Å². The minimum absolute atomic E-state index is 0.525. The number of hydrogen-bond acceptors (Lipinski definition) is 4. The quantitative estimate of drug-likeness (QED) is 0.567. The van der Waals surface area contributed by atoms with Crippen molar-refractivity contribution in [3.05, 3.63) is 53.3 Å². The zero-order valence-corrected chi connectivity index (χ0v) is 15.9. The number of aromatic nitrogens is 2. The van der Waals surface area contributed by atoms with Crippen LogP contribution in [0.15, 0.2) is 47.0 Å². The first kappa shape index (κ1) is 16.9. The lowest BCUT2D eigenvalue weighted by atomic mass is 9.98. The summed E-state index contributed by atoms with van der Waals surface area (Å²) in [4.78, 5) is 12.4. The summed E-state index contributed by atoms with van der Waals surface area (Å²) >= 11 is 1.65. The molecule has 136 valence electrons. The normalized spacial score (nSPS) is 17.8. The van der Waals surface area contributed by atoms with Crippen LogP contribution in [0.5, 0.6) is 5.75 Å². The van der Waals surface area contributed by atoms with E-state index in [0.717, 1.165) is 41.9 Å². The van der Waals surface area contributed by atoms with E-state index in [1.54, 1.807) is 18.4 Å². The molecule has 1 aliphatic rings. The fraction of sp³-hybridized carbons (Fsp3) is 0.368. The molecule has 1 atom stereocenters. The Morgan fingerprint density at radius 3 is 2.96 bits per heavy atom. The highest BCUT2D eigenvalue weighted by Crippen LogP contribution is 2.28. The molecule has 0 amide bonds. The van der Waals surface area contributed by atoms with Crippen LogP contribution in [-0.2, 0) is 6.54 Å². The van der Waals surface area contributed by atoms with Gasteiger partial charge in [-0.25, -0.2) is 4.98 Å². The van der Waals surface area contributed by atoms with Crippen molar-refractivity contribution in [2.75, 3.05) is 27.2 Å². The molecule has 0 radical (unpaired) electrons. The van der Waals surface area contributed by atoms with Gasteiger partial charge in [0.05, 0.1) is 19.3 Å². The second kappa shape index (κ2) is 7.37. The Morgan fingerprint density at radius 1 is 1.38 bits per heavy atom. The largest absolute Gasteiger partial charge is 0.497 e. The number of benzene rings is 1. The average Bonchev–Trinajstić information content (AvgIpc) is 3.38. The van der Waals surface area contributed by atoms with Gasteiger partial charge in [0.15, 0.2) is 10.9 Å². The van der Waals surface area contributed by atoms with E-state index in [0.29, 0.717) is 12.5 Å². The summed E-state index contributed by atoms with van der Waals surface area (Å²) in [6, 6.07) is 8.41. The van der Waals surface area contributed by atoms with Crippen molar-refractivity contribution in [2.45, 2.75) is 18.9 Å². The van der Waals surface area contributed by atoms with E-state index in [1.807, 2.05) is 30.8 Å². The lowest BCUT2D eigenvalue weighted by Crippen LogP contribution is -2.39. The van der Waals surface area contributed by atoms with Gasteiger partial charge in [-0.05, 0) is 24.1 Å². The summed E-state index contributed by atoms with van der Waals surface area (Å²) in [6.07, 6.45) is 5.23. The number of aliphatic imine (C=N–C) groups is 1. The number of likely N-dealkylation sites (tertiary alicyclic amines) is 1. The van der Waals surface area contributed by atoms with Gasteiger partial charge in [-0.3, -0.25) is 9.39 Å². The minimum Gasteiger partial charge on any atom is -0.497 e. The number of hydrogen-bond donors (Lipinski definition) is 1. The standard InChI is InChI=1S/C19H23N5OS/c1-20-18(21-11-16-13-24-9-10-26-19(24)22-16)23-8-7-15(12-23)14-3-5-17(25-2)6-4-14/h3-6,9-10,13,15H,7-8,11-12H2,1-2H3,(H,20,21). The van der Waals surface area contributed by atoms with Crippen LogP contribution in [0.1, 0.15) is 23.6 Å². The molecule has 0 aliphatic carbocycles. The van der Waals surface area contributed by atoms with Crippen LogP contribution in [-0.4, -0.2) is 47.5 Å². The monoisotopic (exact) mass is 369 g/mol. The van der Waals surface area contributed by atoms with Gasteiger partial charge in [-0.15, -0.1) is 11.3 Å². The van der Waals surface area contributed by atoms with Gasteiger partial charge in [-0.1, -0.05) is 12.1 Å². The molecule has 1 N–H and O–H groups in total. The van der Waals surface area contributed by atoms with Crippen LogP contribution < -0.4 is 10.1 Å². The Hall–Kier alpha value is -2.54. The lowest BCUT2D eigenvalue weighted by Gasteiger charge is -2.21. The molecule has 6 nitrogen and oxygen atoms in total. The maximum atomic E-state index is 5.25. The summed E-state index contributed by atoms with van der Waals surface area (Å²) in [5.74, 6) is 2.37. The Labute approximate surface area is 157 Å². The summed E-state index contributed by atoms with van der Waals surface area (Å²) < 4.78 is 7.31. The number of thiazole rings is 1. The van der Waals surface area contributed by atoms with E-state index >= 15 is 0 Å². The summed E-state index contributed by atoms with van der Waals surface area (Å²) in [5.41, 5.74) is 2.39. The van der Waals surface area contributed by atoms with E-state index in [-0.39, 0.29) is 0 Å². The number of imidazole rings is 1. The molecule has 2 aromatic heterocycles. The molecule has 26 heavy (non-hydrogen) atoms. The molecule has 1 unspecified atom stereocenters. The molecule has 1 aliphatic heterocycles. The lowest BCUT2D eigenvalue weighted by molar-refractivity contribution is 0.414. The second-order valence-corrected chi connectivity index (χ2v) is 7.30. The molecule has 1 fully saturated rings. The van der Waals surface area contributed by atoms with Gasteiger partial charge in [0.1, 0.15) is 5.75 Å². The third kappa shape index (κ3) is 3.39. The van der Waals surface area contributed by atoms with Gasteiger partial charge in [0, 0.05) is 43.8 Å². The summed E-state index contributed by atoms with van der Waals surface area (Å²) in [5, 5.41) is 5.50. The van der Waals surface area contributed by atoms with Crippen LogP contribution in [0.3, 0.4) is 0 Å². The zero-order valence-electron chi connectivity index (χ0n) is 15.1. The van der Waals surface area contributed by atoms with Crippen molar-refractivity contribution in [2.24, 2.45) is 4.99 Å². The number of nitrogens with zero attached hydrogens (tertiary/aromatic N) is 4. The second-order valence-electron chi connectivity index (χ2n) is 6.43. The van der Waals surface area contributed by atoms with E-state index in [4.69, 9.17) is 4.74 Å². The van der Waals surface area contributed by atoms with Crippen LogP contribution in [0.25, 0.3) is 4.96 Å². The molecule has 0 spiro atoms. The van der Waals surface area contributed by atoms with Crippen LogP contribution in [0.4, 0.5) is 0 Å². The highest BCUT2D eigenvalue weighted by Gasteiger charge is 2.26. The number of rotatable bonds is 4. The number of ether oxygens (including phenoxy) is 1. The Morgan fingerprint density at radius 2 is 2.23 bits per heavy atom. The van der Waals surface area contributed by atoms with Crippen molar-refractivity contribution < 1.29 is 4.74 Å². The van der Waals surface area contributed by atoms with Crippen molar-refractivity contribution in [3.63, 3.8) is 0 Å². The Balaban J connectivity index is 1.37. The smallest absolute Gasteiger partial charge is 0.193 e. The summed E-state index contributed by atoms with van der Waals surface area (Å²) in [7, 11) is 3.54. The molecule has 1 aromatic carbocycles. The zero-order chi connectivity index (χ0) is 17.9. The van der Waals surface area contributed by atoms with Crippen molar-refractivity contribution in [3.8, 4) is 5.75 Å². The first-order valence-corrected chi connectivity index (χ1v) is 9.65. The van der Waals surface area contributed by atoms with E-state index in [2.05, 4.69) is 42.9 Å². The fourth-order valence-corrected chi connectivity index (χ4v) is 4.18. The number of guanidine groups is 1. The first-order chi connectivity index (χ1) is 12.8. The maximum absolute atomic E-state index is 5.25. The summed E-state index contributed by atoms with van der Waals surface area (Å²) in [6.45, 7) is 2.67. The topological polar surface area (TPSA) is 54.2 Å². The predicted octanol–water partition coefficient (Wildman–Crippen LogP) is 2.97. The minimum atomic E-state index is 0.525. The highest BCUT2D eigenvalue weighted by atomic mass is 32.1. The van der Waals surface area contributed by atoms with E-state index in [9.17, 15) is 0 Å². The van der Waals surface area contributed by atoms with Crippen molar-refractivity contribution in [1.29, 1.82) is 0 Å². The van der Waals surface area contributed by atoms with Crippen LogP contribution in [0, 0.1) is 0 Å². The van der Waals surface area contributed by atoms with Gasteiger partial charge in [-0.2, -0.15) is 0 Å². The molecule has 0 saturated carbocycles. The SMILES string of the molecule is CN=C(NCc1cn2ccsc2n1)N1CCC(c2ccc(OC)cc2)C1. The molecule has 3 aromatic rings. The highest BCUT2D eigenvalue weighted by molar-refractivity contribution is 7.15. The average molecular weight is 369 g/mol. The molecule has 0 bridgehead atoms. The van der Waals surface area contributed by atoms with Gasteiger partial charge < -0.3 is 15.0 Å². The molecule has 1 saturated heterocycles. The third-order valence-electron chi connectivity index (χ3n) is 4.86. The Kier molecular flexibility index (Phi) is 4.79. The fourth-order valence-electron chi connectivity index (χ4n) is 3.46. The van der Waals surface area contributed by atoms with Crippen LogP contribution in [0.2, 0.25) is 0 Å². The van der Waals surface area contributed by atoms with Gasteiger partial charge in [0.25, 0.3) is 0 Å². The molecule has 4 rings (SSSR count). The van der Waals surface area contributed by atoms with Gasteiger partial charge in [0.2, 0.25) is 0 Å². The van der Waals surface area contributed by atoms with Crippen LogP contribution >= 0.6 is 11.3 Å². The Bertz CT molecular complexity index is 870. The van der Waals surface area contributed by atoms with E-state index < -0.39 is 0 Å².